The molecule has 0 amide bonds. The van der Waals surface area contributed by atoms with Gasteiger partial charge in [-0.2, -0.15) is 0 Å². The molecule has 19 heteroatoms. The molecule has 10 atom stereocenters. The van der Waals surface area contributed by atoms with E-state index in [1.54, 1.807) is 0 Å². The molecule has 2 aliphatic heterocycles. The first-order valence-electron chi connectivity index (χ1n) is 14.2. The minimum Gasteiger partial charge on any atom is -0.463 e. The van der Waals surface area contributed by atoms with E-state index in [-0.39, 0.29) is 0 Å². The van der Waals surface area contributed by atoms with E-state index in [1.165, 1.54) is 0 Å². The molecule has 0 aromatic carbocycles. The van der Waals surface area contributed by atoms with Gasteiger partial charge in [-0.15, -0.1) is 0 Å². The van der Waals surface area contributed by atoms with Crippen LogP contribution < -0.4 is 0 Å². The average molecular weight is 679 g/mol. The molecule has 0 aromatic heterocycles. The largest absolute Gasteiger partial charge is 0.463 e. The maximum absolute atomic E-state index is 12.2. The quantitative estimate of drug-likeness (QED) is 0.181. The predicted octanol–water partition coefficient (Wildman–Crippen LogP) is -0.831. The summed E-state index contributed by atoms with van der Waals surface area (Å²) in [6.45, 7) is 7.10. The van der Waals surface area contributed by atoms with Crippen molar-refractivity contribution in [1.82, 2.24) is 0 Å². The summed E-state index contributed by atoms with van der Waals surface area (Å²) < 4.78 is 60.1. The maximum atomic E-state index is 12.2. The molecule has 2 fully saturated rings. The highest BCUT2D eigenvalue weighted by atomic mass is 16.8. The van der Waals surface area contributed by atoms with E-state index in [1.807, 2.05) is 0 Å². The van der Waals surface area contributed by atoms with Crippen LogP contribution in [0.1, 0.15) is 55.4 Å². The van der Waals surface area contributed by atoms with Crippen molar-refractivity contribution in [3.63, 3.8) is 0 Å². The van der Waals surface area contributed by atoms with Crippen molar-refractivity contribution in [3.05, 3.63) is 0 Å². The second kappa shape index (κ2) is 17.5. The fourth-order valence-electron chi connectivity index (χ4n) is 4.73. The molecular weight excluding hydrogens is 640 g/mol. The van der Waals surface area contributed by atoms with Crippen LogP contribution >= 0.6 is 0 Å². The molecule has 0 radical (unpaired) electrons. The number of hydrogen-bond acceptors (Lipinski definition) is 19. The van der Waals surface area contributed by atoms with Gasteiger partial charge in [0.1, 0.15) is 25.4 Å². The van der Waals surface area contributed by atoms with Crippen molar-refractivity contribution in [1.29, 1.82) is 0 Å². The van der Waals surface area contributed by atoms with Gasteiger partial charge in [0.05, 0.1) is 0 Å². The van der Waals surface area contributed by atoms with Gasteiger partial charge in [0, 0.05) is 55.4 Å². The van der Waals surface area contributed by atoms with Crippen molar-refractivity contribution in [2.24, 2.45) is 0 Å². The summed E-state index contributed by atoms with van der Waals surface area (Å²) in [5.41, 5.74) is 0. The molecule has 0 saturated carbocycles. The van der Waals surface area contributed by atoms with Crippen molar-refractivity contribution >= 4 is 47.8 Å². The number of hydrogen-bond donors (Lipinski definition) is 0. The van der Waals surface area contributed by atoms with Gasteiger partial charge in [-0.3, -0.25) is 38.4 Å². The maximum Gasteiger partial charge on any atom is 0.303 e. The van der Waals surface area contributed by atoms with Gasteiger partial charge in [0.2, 0.25) is 12.6 Å². The highest BCUT2D eigenvalue weighted by molar-refractivity contribution is 5.70. The zero-order valence-electron chi connectivity index (χ0n) is 26.9. The summed E-state index contributed by atoms with van der Waals surface area (Å²) in [6.07, 6.45) is -16.3. The Morgan fingerprint density at radius 2 is 0.638 bits per heavy atom. The van der Waals surface area contributed by atoms with Gasteiger partial charge < -0.3 is 52.1 Å². The lowest BCUT2D eigenvalue weighted by Crippen LogP contribution is -2.66. The molecule has 19 nitrogen and oxygen atoms in total. The first-order chi connectivity index (χ1) is 21.9. The smallest absolute Gasteiger partial charge is 0.303 e. The zero-order valence-corrected chi connectivity index (χ0v) is 26.9. The molecule has 47 heavy (non-hydrogen) atoms. The topological polar surface area (TPSA) is 238 Å². The zero-order chi connectivity index (χ0) is 35.6. The van der Waals surface area contributed by atoms with Crippen LogP contribution in [0.3, 0.4) is 0 Å². The molecule has 2 aliphatic rings. The van der Waals surface area contributed by atoms with Crippen LogP contribution in [0.25, 0.3) is 0 Å². The summed E-state index contributed by atoms with van der Waals surface area (Å²) in [6, 6.07) is 0. The highest BCUT2D eigenvalue weighted by Gasteiger charge is 2.57. The summed E-state index contributed by atoms with van der Waals surface area (Å²) >= 11 is 0. The number of carbonyl (C=O) groups is 8. The third kappa shape index (κ3) is 12.1. The monoisotopic (exact) mass is 678 g/mol. The Morgan fingerprint density at radius 3 is 0.894 bits per heavy atom. The van der Waals surface area contributed by atoms with Gasteiger partial charge in [-0.1, -0.05) is 0 Å². The third-order valence-electron chi connectivity index (χ3n) is 6.16. The number of esters is 8. The van der Waals surface area contributed by atoms with Crippen molar-refractivity contribution in [3.8, 4) is 0 Å². The summed E-state index contributed by atoms with van der Waals surface area (Å²) in [4.78, 5) is 96.2. The molecule has 0 aliphatic carbocycles. The van der Waals surface area contributed by atoms with Crippen LogP contribution in [-0.2, 0) is 90.5 Å². The van der Waals surface area contributed by atoms with Gasteiger partial charge >= 0.3 is 47.8 Å². The van der Waals surface area contributed by atoms with E-state index in [0.717, 1.165) is 55.4 Å². The van der Waals surface area contributed by atoms with Crippen molar-refractivity contribution in [2.75, 3.05) is 13.2 Å². The Hall–Kier alpha value is -4.36. The summed E-state index contributed by atoms with van der Waals surface area (Å²) in [5.74, 6) is -6.98. The summed E-state index contributed by atoms with van der Waals surface area (Å²) in [5, 5.41) is 0. The van der Waals surface area contributed by atoms with Crippen LogP contribution in [0.5, 0.6) is 0 Å². The highest BCUT2D eigenvalue weighted by Crippen LogP contribution is 2.35. The lowest BCUT2D eigenvalue weighted by atomic mass is 9.96. The number of ether oxygens (including phenoxy) is 11. The second-order valence-electron chi connectivity index (χ2n) is 10.3. The second-order valence-corrected chi connectivity index (χ2v) is 10.3. The lowest BCUT2D eigenvalue weighted by Gasteiger charge is -2.48. The lowest BCUT2D eigenvalue weighted by molar-refractivity contribution is -0.377. The Kier molecular flexibility index (Phi) is 14.5. The van der Waals surface area contributed by atoms with Gasteiger partial charge in [0.15, 0.2) is 36.6 Å². The van der Waals surface area contributed by atoms with Crippen LogP contribution in [0.4, 0.5) is 0 Å². The summed E-state index contributed by atoms with van der Waals surface area (Å²) in [7, 11) is 0. The van der Waals surface area contributed by atoms with E-state index >= 15 is 0 Å². The van der Waals surface area contributed by atoms with Gasteiger partial charge in [0.25, 0.3) is 0 Å². The Morgan fingerprint density at radius 1 is 0.383 bits per heavy atom. The van der Waals surface area contributed by atoms with E-state index in [0.29, 0.717) is 0 Å². The van der Waals surface area contributed by atoms with Gasteiger partial charge in [-0.05, 0) is 0 Å². The molecule has 6 unspecified atom stereocenters. The SMILES string of the molecule is CC(=O)OCC1O[C@H](O[C@H]2OC(COC(C)=O)[C@@H](OC(C)=O)C(OC(C)=O)C2OC(C)=O)C(OC(C)=O)C(OC(C)=O)[C@@H]1OC(C)=O. The molecule has 0 N–H and O–H groups in total. The fraction of sp³-hybridized carbons (Fsp3) is 0.714. The first kappa shape index (κ1) is 38.8. The predicted molar refractivity (Wildman–Crippen MR) is 145 cm³/mol. The minimum absolute atomic E-state index is 0.587. The van der Waals surface area contributed by atoms with Crippen molar-refractivity contribution in [2.45, 2.75) is 117 Å². The third-order valence-corrected chi connectivity index (χ3v) is 6.16. The van der Waals surface area contributed by atoms with E-state index in [4.69, 9.17) is 52.1 Å². The van der Waals surface area contributed by atoms with Crippen LogP contribution in [-0.4, -0.2) is 122 Å². The molecule has 0 spiro atoms. The molecule has 2 rings (SSSR count). The van der Waals surface area contributed by atoms with Crippen LogP contribution in [0, 0.1) is 0 Å². The molecular formula is C28H38O19. The van der Waals surface area contributed by atoms with Crippen LogP contribution in [0.2, 0.25) is 0 Å². The number of rotatable bonds is 12. The molecule has 2 saturated heterocycles. The standard InChI is InChI=1S/C28H38O19/c1-11(29)37-9-19-21(39-13(3)31)23(41-15(5)33)25(43-17(7)35)27(45-19)47-28-26(44-18(8)36)24(42-16(6)34)22(40-14(4)32)20(46-28)10-38-12(2)30/h19-28H,9-10H2,1-8H3/t19?,20?,21-,22-,23?,24?,25?,26?,27-,28-/m1/s1. The normalized spacial score (nSPS) is 30.0. The minimum atomic E-state index is -1.84. The van der Waals surface area contributed by atoms with E-state index < -0.39 is 122 Å². The number of carbonyl (C=O) groups excluding carboxylic acids is 8. The van der Waals surface area contributed by atoms with Crippen LogP contribution in [0.15, 0.2) is 0 Å². The molecule has 0 bridgehead atoms. The van der Waals surface area contributed by atoms with Crippen molar-refractivity contribution < 1.29 is 90.5 Å². The van der Waals surface area contributed by atoms with Gasteiger partial charge in [-0.25, -0.2) is 0 Å². The molecule has 0 aromatic rings. The van der Waals surface area contributed by atoms with E-state index in [9.17, 15) is 38.4 Å². The molecule has 2 heterocycles. The van der Waals surface area contributed by atoms with E-state index in [2.05, 4.69) is 0 Å². The Balaban J connectivity index is 2.69. The fourth-order valence-corrected chi connectivity index (χ4v) is 4.73. The average Bonchev–Trinajstić information content (AvgIpc) is 2.91. The molecule has 264 valence electrons. The first-order valence-corrected chi connectivity index (χ1v) is 14.2. The Bertz CT molecular complexity index is 1110. The Labute approximate surface area is 268 Å².